The van der Waals surface area contributed by atoms with E-state index in [9.17, 15) is 8.42 Å². The van der Waals surface area contributed by atoms with E-state index >= 15 is 0 Å². The van der Waals surface area contributed by atoms with Crippen LogP contribution in [0.15, 0.2) is 17.0 Å². The number of aryl methyl sites for hydroxylation is 2. The lowest BCUT2D eigenvalue weighted by molar-refractivity contribution is 0.252. The lowest BCUT2D eigenvalue weighted by Crippen LogP contribution is -2.35. The Morgan fingerprint density at radius 2 is 1.81 bits per heavy atom. The zero-order valence-electron chi connectivity index (χ0n) is 12.9. The molecule has 0 aliphatic heterocycles. The van der Waals surface area contributed by atoms with E-state index in [2.05, 4.69) is 5.43 Å². The largest absolute Gasteiger partial charge is 0.395 e. The molecule has 0 amide bonds. The minimum atomic E-state index is -3.62. The summed E-state index contributed by atoms with van der Waals surface area (Å²) in [6.07, 6.45) is 1.66. The third kappa shape index (κ3) is 4.16. The van der Waals surface area contributed by atoms with Crippen LogP contribution in [-0.4, -0.2) is 37.5 Å². The zero-order valence-corrected chi connectivity index (χ0v) is 13.7. The first-order chi connectivity index (χ1) is 9.88. The molecule has 7 heteroatoms. The van der Waals surface area contributed by atoms with Gasteiger partial charge >= 0.3 is 0 Å². The summed E-state index contributed by atoms with van der Waals surface area (Å²) in [5.74, 6) is 5.38. The Balaban J connectivity index is 3.27. The molecule has 0 fully saturated rings. The van der Waals surface area contributed by atoms with Gasteiger partial charge in [0.15, 0.2) is 0 Å². The molecule has 0 saturated carbocycles. The Morgan fingerprint density at radius 3 is 2.24 bits per heavy atom. The molecule has 0 aromatic heterocycles. The molecule has 0 aliphatic carbocycles. The molecule has 21 heavy (non-hydrogen) atoms. The molecule has 0 saturated heterocycles. The van der Waals surface area contributed by atoms with Crippen molar-refractivity contribution in [3.8, 4) is 0 Å². The number of sulfonamides is 1. The molecule has 0 atom stereocenters. The van der Waals surface area contributed by atoms with Crippen molar-refractivity contribution in [3.63, 3.8) is 0 Å². The van der Waals surface area contributed by atoms with E-state index in [0.29, 0.717) is 28.3 Å². The second kappa shape index (κ2) is 7.74. The molecule has 0 bridgehead atoms. The second-order valence-electron chi connectivity index (χ2n) is 5.06. The van der Waals surface area contributed by atoms with Gasteiger partial charge in [-0.2, -0.15) is 4.31 Å². The average Bonchev–Trinajstić information content (AvgIpc) is 2.41. The number of nitrogens with one attached hydrogen (secondary N) is 1. The van der Waals surface area contributed by atoms with Gasteiger partial charge in [0.2, 0.25) is 10.0 Å². The van der Waals surface area contributed by atoms with Crippen LogP contribution >= 0.6 is 0 Å². The van der Waals surface area contributed by atoms with Crippen molar-refractivity contribution in [2.75, 3.05) is 25.1 Å². The van der Waals surface area contributed by atoms with E-state index in [1.165, 1.54) is 4.31 Å². The molecule has 0 radical (unpaired) electrons. The second-order valence-corrected chi connectivity index (χ2v) is 6.94. The standard InChI is InChI=1S/C14H25N3O3S/c1-4-5-6-17(7-8-18)21(19,20)14-11(2)9-13(16-15)10-12(14)3/h9-10,16,18H,4-8,15H2,1-3H3. The molecule has 120 valence electrons. The molecule has 0 spiro atoms. The number of anilines is 1. The molecule has 1 rings (SSSR count). The maximum atomic E-state index is 12.8. The van der Waals surface area contributed by atoms with Crippen LogP contribution in [0.5, 0.6) is 0 Å². The molecule has 1 aromatic rings. The summed E-state index contributed by atoms with van der Waals surface area (Å²) in [5, 5.41) is 9.13. The quantitative estimate of drug-likeness (QED) is 0.497. The molecule has 0 heterocycles. The number of hydrogen-bond donors (Lipinski definition) is 3. The first-order valence-corrected chi connectivity index (χ1v) is 8.51. The first kappa shape index (κ1) is 17.9. The van der Waals surface area contributed by atoms with Gasteiger partial charge in [-0.3, -0.25) is 5.84 Å². The Hall–Kier alpha value is -1.15. The van der Waals surface area contributed by atoms with Crippen LogP contribution in [0.2, 0.25) is 0 Å². The highest BCUT2D eigenvalue weighted by atomic mass is 32.2. The number of hydrogen-bond acceptors (Lipinski definition) is 5. The Morgan fingerprint density at radius 1 is 1.24 bits per heavy atom. The minimum Gasteiger partial charge on any atom is -0.395 e. The number of nitrogens with two attached hydrogens (primary N) is 1. The predicted octanol–water partition coefficient (Wildman–Crippen LogP) is 1.37. The number of nitrogen functional groups attached to an aromatic ring is 1. The van der Waals surface area contributed by atoms with Crippen LogP contribution in [0.3, 0.4) is 0 Å². The zero-order chi connectivity index (χ0) is 16.0. The SMILES string of the molecule is CCCCN(CCO)S(=O)(=O)c1c(C)cc(NN)cc1C. The van der Waals surface area contributed by atoms with Crippen molar-refractivity contribution >= 4 is 15.7 Å². The number of unbranched alkanes of at least 4 members (excludes halogenated alkanes) is 1. The smallest absolute Gasteiger partial charge is 0.243 e. The Labute approximate surface area is 127 Å². The van der Waals surface area contributed by atoms with Crippen LogP contribution in [0, 0.1) is 13.8 Å². The fourth-order valence-electron chi connectivity index (χ4n) is 2.37. The predicted molar refractivity (Wildman–Crippen MR) is 84.5 cm³/mol. The van der Waals surface area contributed by atoms with Gasteiger partial charge in [0.05, 0.1) is 11.5 Å². The molecule has 1 aromatic carbocycles. The molecular weight excluding hydrogens is 290 g/mol. The van der Waals surface area contributed by atoms with Crippen molar-refractivity contribution in [3.05, 3.63) is 23.3 Å². The summed E-state index contributed by atoms with van der Waals surface area (Å²) in [4.78, 5) is 0.297. The van der Waals surface area contributed by atoms with Gasteiger partial charge in [-0.15, -0.1) is 0 Å². The van der Waals surface area contributed by atoms with Crippen molar-refractivity contribution in [1.82, 2.24) is 4.31 Å². The number of hydrazine groups is 1. The number of aliphatic hydroxyl groups excluding tert-OH is 1. The van der Waals surface area contributed by atoms with Gasteiger partial charge < -0.3 is 10.5 Å². The van der Waals surface area contributed by atoms with Crippen molar-refractivity contribution < 1.29 is 13.5 Å². The molecule has 4 N–H and O–H groups in total. The maximum Gasteiger partial charge on any atom is 0.243 e. The van der Waals surface area contributed by atoms with Gasteiger partial charge in [-0.05, 0) is 43.5 Å². The van der Waals surface area contributed by atoms with Crippen LogP contribution in [0.25, 0.3) is 0 Å². The molecule has 0 unspecified atom stereocenters. The summed E-state index contributed by atoms with van der Waals surface area (Å²) in [6, 6.07) is 3.41. The van der Waals surface area contributed by atoms with E-state index in [0.717, 1.165) is 12.8 Å². The summed E-state index contributed by atoms with van der Waals surface area (Å²) in [5.41, 5.74) is 4.48. The Kier molecular flexibility index (Phi) is 6.60. The van der Waals surface area contributed by atoms with Crippen LogP contribution in [0.4, 0.5) is 5.69 Å². The highest BCUT2D eigenvalue weighted by Crippen LogP contribution is 2.27. The fourth-order valence-corrected chi connectivity index (χ4v) is 4.25. The van der Waals surface area contributed by atoms with E-state index in [1.54, 1.807) is 26.0 Å². The lowest BCUT2D eigenvalue weighted by Gasteiger charge is -2.23. The summed E-state index contributed by atoms with van der Waals surface area (Å²) >= 11 is 0. The summed E-state index contributed by atoms with van der Waals surface area (Å²) in [7, 11) is -3.62. The van der Waals surface area contributed by atoms with Gasteiger partial charge in [-0.1, -0.05) is 13.3 Å². The molecule has 0 aliphatic rings. The topological polar surface area (TPSA) is 95.7 Å². The van der Waals surface area contributed by atoms with Gasteiger partial charge in [0.25, 0.3) is 0 Å². The van der Waals surface area contributed by atoms with E-state index in [1.807, 2.05) is 6.92 Å². The Bertz CT molecular complexity index is 550. The third-order valence-electron chi connectivity index (χ3n) is 3.34. The number of benzene rings is 1. The monoisotopic (exact) mass is 315 g/mol. The highest BCUT2D eigenvalue weighted by Gasteiger charge is 2.27. The van der Waals surface area contributed by atoms with Crippen molar-refractivity contribution in [2.24, 2.45) is 5.84 Å². The number of aliphatic hydroxyl groups is 1. The normalized spacial score (nSPS) is 11.9. The molecule has 6 nitrogen and oxygen atoms in total. The first-order valence-electron chi connectivity index (χ1n) is 7.07. The van der Waals surface area contributed by atoms with E-state index in [4.69, 9.17) is 10.9 Å². The maximum absolute atomic E-state index is 12.8. The average molecular weight is 315 g/mol. The van der Waals surface area contributed by atoms with E-state index in [-0.39, 0.29) is 13.2 Å². The summed E-state index contributed by atoms with van der Waals surface area (Å²) < 4.78 is 27.0. The number of rotatable bonds is 8. The number of nitrogens with zero attached hydrogens (tertiary/aromatic N) is 1. The van der Waals surface area contributed by atoms with Gasteiger partial charge in [0, 0.05) is 18.8 Å². The van der Waals surface area contributed by atoms with Gasteiger partial charge in [-0.25, -0.2) is 8.42 Å². The van der Waals surface area contributed by atoms with Crippen LogP contribution in [-0.2, 0) is 10.0 Å². The minimum absolute atomic E-state index is 0.109. The molecular formula is C14H25N3O3S. The van der Waals surface area contributed by atoms with Crippen LogP contribution < -0.4 is 11.3 Å². The van der Waals surface area contributed by atoms with Gasteiger partial charge in [0.1, 0.15) is 0 Å². The third-order valence-corrected chi connectivity index (χ3v) is 5.54. The fraction of sp³-hybridized carbons (Fsp3) is 0.571. The van der Waals surface area contributed by atoms with Crippen molar-refractivity contribution in [2.45, 2.75) is 38.5 Å². The van der Waals surface area contributed by atoms with Crippen LogP contribution in [0.1, 0.15) is 30.9 Å². The summed E-state index contributed by atoms with van der Waals surface area (Å²) in [6.45, 7) is 5.83. The van der Waals surface area contributed by atoms with Crippen molar-refractivity contribution in [1.29, 1.82) is 0 Å². The van der Waals surface area contributed by atoms with E-state index < -0.39 is 10.0 Å². The lowest BCUT2D eigenvalue weighted by atomic mass is 10.1. The highest BCUT2D eigenvalue weighted by molar-refractivity contribution is 7.89.